The molecule has 0 bridgehead atoms. The molecular weight excluding hydrogens is 276 g/mol. The maximum Gasteiger partial charge on any atom is 0.308 e. The fourth-order valence-corrected chi connectivity index (χ4v) is 4.22. The predicted octanol–water partition coefficient (Wildman–Crippen LogP) is 1.94. The van der Waals surface area contributed by atoms with Crippen LogP contribution < -0.4 is 0 Å². The monoisotopic (exact) mass is 288 g/mol. The number of hydrogen-bond donors (Lipinski definition) is 1. The first-order chi connectivity index (χ1) is 8.38. The minimum atomic E-state index is -3.34. The Bertz CT molecular complexity index is 564. The molecule has 1 aliphatic rings. The van der Waals surface area contributed by atoms with E-state index in [2.05, 4.69) is 0 Å². The van der Waals surface area contributed by atoms with Crippen LogP contribution in [0.3, 0.4) is 0 Å². The van der Waals surface area contributed by atoms with Crippen molar-refractivity contribution < 1.29 is 18.3 Å². The van der Waals surface area contributed by atoms with Crippen molar-refractivity contribution in [2.45, 2.75) is 18.1 Å². The van der Waals surface area contributed by atoms with Gasteiger partial charge in [-0.15, -0.1) is 0 Å². The van der Waals surface area contributed by atoms with Crippen LogP contribution in [0.25, 0.3) is 0 Å². The molecule has 1 fully saturated rings. The van der Waals surface area contributed by atoms with E-state index in [-0.39, 0.29) is 5.75 Å². The summed E-state index contributed by atoms with van der Waals surface area (Å²) in [6, 6.07) is 6.66. The highest BCUT2D eigenvalue weighted by Crippen LogP contribution is 2.52. The summed E-state index contributed by atoms with van der Waals surface area (Å²) in [6.07, 6.45) is 0. The van der Waals surface area contributed by atoms with E-state index >= 15 is 0 Å². The number of benzene rings is 1. The summed E-state index contributed by atoms with van der Waals surface area (Å²) in [4.78, 5) is 11.1. The van der Waals surface area contributed by atoms with E-state index in [9.17, 15) is 13.2 Å². The second-order valence-electron chi connectivity index (χ2n) is 4.36. The molecule has 0 aliphatic heterocycles. The van der Waals surface area contributed by atoms with Crippen LogP contribution in [-0.4, -0.2) is 30.5 Å². The molecule has 0 aromatic heterocycles. The van der Waals surface area contributed by atoms with Gasteiger partial charge in [-0.3, -0.25) is 4.79 Å². The molecule has 4 nitrogen and oxygen atoms in total. The first-order valence-electron chi connectivity index (χ1n) is 5.58. The van der Waals surface area contributed by atoms with E-state index in [1.54, 1.807) is 24.3 Å². The molecule has 6 heteroatoms. The van der Waals surface area contributed by atoms with Crippen LogP contribution in [0.4, 0.5) is 0 Å². The fraction of sp³-hybridized carbons (Fsp3) is 0.417. The Hall–Kier alpha value is -1.07. The van der Waals surface area contributed by atoms with Gasteiger partial charge in [0.25, 0.3) is 0 Å². The maximum absolute atomic E-state index is 11.8. The Kier molecular flexibility index (Phi) is 3.38. The first kappa shape index (κ1) is 13.4. The first-order valence-corrected chi connectivity index (χ1v) is 7.67. The van der Waals surface area contributed by atoms with Crippen molar-refractivity contribution in [3.8, 4) is 0 Å². The Morgan fingerprint density at radius 3 is 2.33 bits per heavy atom. The van der Waals surface area contributed by atoms with Crippen molar-refractivity contribution in [2.75, 3.05) is 5.75 Å². The van der Waals surface area contributed by atoms with E-state index in [0.29, 0.717) is 10.6 Å². The number of sulfone groups is 1. The second kappa shape index (κ2) is 4.55. The zero-order chi connectivity index (χ0) is 13.5. The van der Waals surface area contributed by atoms with Crippen LogP contribution in [0.5, 0.6) is 0 Å². The van der Waals surface area contributed by atoms with E-state index in [4.69, 9.17) is 16.7 Å². The van der Waals surface area contributed by atoms with Gasteiger partial charge in [0.15, 0.2) is 9.84 Å². The maximum atomic E-state index is 11.8. The highest BCUT2D eigenvalue weighted by atomic mass is 35.5. The number of aliphatic carboxylic acids is 1. The zero-order valence-corrected chi connectivity index (χ0v) is 11.3. The summed E-state index contributed by atoms with van der Waals surface area (Å²) in [6.45, 7) is 1.53. The van der Waals surface area contributed by atoms with Crippen molar-refractivity contribution in [1.29, 1.82) is 0 Å². The number of halogens is 1. The van der Waals surface area contributed by atoms with Gasteiger partial charge in [-0.05, 0) is 17.7 Å². The molecule has 1 aromatic carbocycles. The third kappa shape index (κ3) is 2.24. The van der Waals surface area contributed by atoms with E-state index < -0.39 is 32.9 Å². The van der Waals surface area contributed by atoms with Gasteiger partial charge in [0.05, 0.1) is 11.2 Å². The topological polar surface area (TPSA) is 71.4 Å². The molecule has 18 heavy (non-hydrogen) atoms. The summed E-state index contributed by atoms with van der Waals surface area (Å²) in [5.74, 6) is -2.39. The summed E-state index contributed by atoms with van der Waals surface area (Å²) < 4.78 is 23.7. The lowest BCUT2D eigenvalue weighted by atomic mass is 10.1. The number of carbonyl (C=O) groups is 1. The molecule has 98 valence electrons. The Balaban J connectivity index is 2.33. The lowest BCUT2D eigenvalue weighted by Gasteiger charge is -2.00. The summed E-state index contributed by atoms with van der Waals surface area (Å²) >= 11 is 5.75. The molecule has 1 aliphatic carbocycles. The molecule has 3 atom stereocenters. The number of rotatable bonds is 4. The van der Waals surface area contributed by atoms with Gasteiger partial charge in [0.1, 0.15) is 0 Å². The SMILES string of the molecule is CCS(=O)(=O)[C@@H]1[C@@H](C(=O)O)[C@H]1c1ccc(Cl)cc1. The number of hydrogen-bond acceptors (Lipinski definition) is 3. The van der Waals surface area contributed by atoms with E-state index in [1.807, 2.05) is 0 Å². The molecule has 0 heterocycles. The third-order valence-corrected chi connectivity index (χ3v) is 5.78. The standard InChI is InChI=1S/C12H13ClO4S/c1-2-18(16,17)11-9(10(11)12(14)15)7-3-5-8(13)6-4-7/h3-6,9-11H,2H2,1H3,(H,14,15)/t9-,10+,11+/m1/s1. The molecular formula is C12H13ClO4S. The van der Waals surface area contributed by atoms with Gasteiger partial charge >= 0.3 is 5.97 Å². The van der Waals surface area contributed by atoms with E-state index in [0.717, 1.165) is 0 Å². The van der Waals surface area contributed by atoms with Gasteiger partial charge in [0, 0.05) is 16.7 Å². The molecule has 1 saturated carbocycles. The minimum absolute atomic E-state index is 0.0362. The van der Waals surface area contributed by atoms with Crippen LogP contribution in [0.1, 0.15) is 18.4 Å². The Morgan fingerprint density at radius 1 is 1.33 bits per heavy atom. The average Bonchev–Trinajstić information content (AvgIpc) is 3.06. The summed E-state index contributed by atoms with van der Waals surface area (Å²) in [5, 5.41) is 8.82. The van der Waals surface area contributed by atoms with E-state index in [1.165, 1.54) is 6.92 Å². The summed E-state index contributed by atoms with van der Waals surface area (Å²) in [5.41, 5.74) is 0.717. The van der Waals surface area contributed by atoms with Crippen molar-refractivity contribution in [2.24, 2.45) is 5.92 Å². The van der Waals surface area contributed by atoms with Crippen LogP contribution in [0.15, 0.2) is 24.3 Å². The number of carboxylic acid groups (broad SMARTS) is 1. The smallest absolute Gasteiger partial charge is 0.308 e. The molecule has 0 saturated heterocycles. The molecule has 2 rings (SSSR count). The molecule has 0 unspecified atom stereocenters. The Labute approximate surface area is 110 Å². The average molecular weight is 289 g/mol. The molecule has 0 radical (unpaired) electrons. The Morgan fingerprint density at radius 2 is 1.89 bits per heavy atom. The quantitative estimate of drug-likeness (QED) is 0.919. The third-order valence-electron chi connectivity index (χ3n) is 3.31. The largest absolute Gasteiger partial charge is 0.481 e. The van der Waals surface area contributed by atoms with Crippen LogP contribution >= 0.6 is 11.6 Å². The number of carboxylic acids is 1. The lowest BCUT2D eigenvalue weighted by Crippen LogP contribution is -2.14. The van der Waals surface area contributed by atoms with Gasteiger partial charge < -0.3 is 5.11 Å². The second-order valence-corrected chi connectivity index (χ2v) is 7.24. The fourth-order valence-electron chi connectivity index (χ4n) is 2.30. The molecule has 0 spiro atoms. The molecule has 0 amide bonds. The highest BCUT2D eigenvalue weighted by molar-refractivity contribution is 7.92. The van der Waals surface area contributed by atoms with Gasteiger partial charge in [-0.2, -0.15) is 0 Å². The molecule has 1 N–H and O–H groups in total. The van der Waals surface area contributed by atoms with Gasteiger partial charge in [-0.25, -0.2) is 8.42 Å². The molecule has 1 aromatic rings. The highest BCUT2D eigenvalue weighted by Gasteiger charge is 2.62. The van der Waals surface area contributed by atoms with Crippen molar-refractivity contribution in [3.05, 3.63) is 34.9 Å². The lowest BCUT2D eigenvalue weighted by molar-refractivity contribution is -0.138. The van der Waals surface area contributed by atoms with Crippen LogP contribution in [0, 0.1) is 5.92 Å². The van der Waals surface area contributed by atoms with Crippen LogP contribution in [0.2, 0.25) is 5.02 Å². The normalized spacial score (nSPS) is 26.9. The van der Waals surface area contributed by atoms with Gasteiger partial charge in [0.2, 0.25) is 0 Å². The van der Waals surface area contributed by atoms with Crippen molar-refractivity contribution in [1.82, 2.24) is 0 Å². The van der Waals surface area contributed by atoms with Crippen LogP contribution in [-0.2, 0) is 14.6 Å². The predicted molar refractivity (Wildman–Crippen MR) is 68.6 cm³/mol. The van der Waals surface area contributed by atoms with Crippen molar-refractivity contribution >= 4 is 27.4 Å². The van der Waals surface area contributed by atoms with Crippen molar-refractivity contribution in [3.63, 3.8) is 0 Å². The summed E-state index contributed by atoms with van der Waals surface area (Å²) in [7, 11) is -3.34. The zero-order valence-electron chi connectivity index (χ0n) is 9.71. The van der Waals surface area contributed by atoms with Gasteiger partial charge in [-0.1, -0.05) is 30.7 Å². The minimum Gasteiger partial charge on any atom is -0.481 e.